The first-order valence-corrected chi connectivity index (χ1v) is 9.14. The smallest absolute Gasteiger partial charge is 0.269 e. The van der Waals surface area contributed by atoms with Crippen molar-refractivity contribution in [3.63, 3.8) is 0 Å². The molecule has 0 spiro atoms. The van der Waals surface area contributed by atoms with Crippen LogP contribution in [0.4, 0.5) is 10.7 Å². The summed E-state index contributed by atoms with van der Waals surface area (Å²) in [6.45, 7) is 2.18. The summed E-state index contributed by atoms with van der Waals surface area (Å²) in [5.41, 5.74) is 1.78. The normalized spacial score (nSPS) is 15.8. The molecule has 1 aliphatic carbocycles. The summed E-state index contributed by atoms with van der Waals surface area (Å²) in [6.07, 6.45) is 2.74. The lowest BCUT2D eigenvalue weighted by Crippen LogP contribution is -2.22. The van der Waals surface area contributed by atoms with Crippen LogP contribution >= 0.6 is 11.3 Å². The number of non-ortho nitro benzene ring substituents is 1. The van der Waals surface area contributed by atoms with Gasteiger partial charge in [-0.15, -0.1) is 11.3 Å². The maximum Gasteiger partial charge on any atom is 0.269 e. The number of amides is 2. The Kier molecular flexibility index (Phi) is 5.03. The Labute approximate surface area is 154 Å². The zero-order valence-electron chi connectivity index (χ0n) is 14.5. The van der Waals surface area contributed by atoms with E-state index in [0.717, 1.165) is 29.7 Å². The van der Waals surface area contributed by atoms with Gasteiger partial charge >= 0.3 is 0 Å². The lowest BCUT2D eigenvalue weighted by molar-refractivity contribution is -0.384. The zero-order chi connectivity index (χ0) is 18.8. The number of nitrogens with one attached hydrogen (secondary N) is 2. The standard InChI is InChI=1S/C18H19N3O4S/c1-10-3-8-13-14(9-10)26-18(15(13)17(23)19-2)20-16(22)11-4-6-12(7-5-11)21(24)25/h4-7,10H,3,8-9H2,1-2H3,(H,19,23)(H,20,22). The molecule has 1 aliphatic rings. The van der Waals surface area contributed by atoms with Gasteiger partial charge in [-0.1, -0.05) is 6.92 Å². The first-order chi connectivity index (χ1) is 12.4. The van der Waals surface area contributed by atoms with E-state index in [4.69, 9.17) is 0 Å². The van der Waals surface area contributed by atoms with Gasteiger partial charge in [0, 0.05) is 29.6 Å². The number of rotatable bonds is 4. The quantitative estimate of drug-likeness (QED) is 0.633. The van der Waals surface area contributed by atoms with Crippen LogP contribution in [0, 0.1) is 16.0 Å². The Morgan fingerprint density at radius 3 is 2.54 bits per heavy atom. The molecule has 1 unspecified atom stereocenters. The Balaban J connectivity index is 1.90. The second-order valence-corrected chi connectivity index (χ2v) is 7.50. The van der Waals surface area contributed by atoms with E-state index >= 15 is 0 Å². The summed E-state index contributed by atoms with van der Waals surface area (Å²) < 4.78 is 0. The molecule has 1 atom stereocenters. The van der Waals surface area contributed by atoms with Crippen molar-refractivity contribution in [2.45, 2.75) is 26.2 Å². The van der Waals surface area contributed by atoms with Gasteiger partial charge in [0.05, 0.1) is 10.5 Å². The van der Waals surface area contributed by atoms with E-state index in [1.165, 1.54) is 35.6 Å². The minimum atomic E-state index is -0.514. The third kappa shape index (κ3) is 3.45. The van der Waals surface area contributed by atoms with Crippen LogP contribution in [0.5, 0.6) is 0 Å². The summed E-state index contributed by atoms with van der Waals surface area (Å²) in [5, 5.41) is 16.7. The van der Waals surface area contributed by atoms with Crippen molar-refractivity contribution in [3.05, 3.63) is 55.9 Å². The van der Waals surface area contributed by atoms with Gasteiger partial charge in [-0.2, -0.15) is 0 Å². The van der Waals surface area contributed by atoms with E-state index in [2.05, 4.69) is 17.6 Å². The predicted octanol–water partition coefficient (Wildman–Crippen LogP) is 3.39. The van der Waals surface area contributed by atoms with Crippen LogP contribution in [0.15, 0.2) is 24.3 Å². The Bertz CT molecular complexity index is 873. The van der Waals surface area contributed by atoms with Crippen LogP contribution in [0.25, 0.3) is 0 Å². The molecule has 3 rings (SSSR count). The molecule has 2 N–H and O–H groups in total. The predicted molar refractivity (Wildman–Crippen MR) is 99.9 cm³/mol. The first kappa shape index (κ1) is 18.1. The number of thiophene rings is 1. The highest BCUT2D eigenvalue weighted by Gasteiger charge is 2.28. The number of nitro benzene ring substituents is 1. The highest BCUT2D eigenvalue weighted by Crippen LogP contribution is 2.39. The molecular formula is C18H19N3O4S. The monoisotopic (exact) mass is 373 g/mol. The number of nitrogens with zero attached hydrogens (tertiary/aromatic N) is 1. The summed E-state index contributed by atoms with van der Waals surface area (Å²) in [6, 6.07) is 5.39. The minimum absolute atomic E-state index is 0.0758. The maximum absolute atomic E-state index is 12.5. The fraction of sp³-hybridized carbons (Fsp3) is 0.333. The number of benzene rings is 1. The van der Waals surface area contributed by atoms with Crippen molar-refractivity contribution >= 4 is 33.8 Å². The zero-order valence-corrected chi connectivity index (χ0v) is 15.3. The molecule has 0 fully saturated rings. The number of hydrogen-bond acceptors (Lipinski definition) is 5. The average Bonchev–Trinajstić information content (AvgIpc) is 2.97. The van der Waals surface area contributed by atoms with Gasteiger partial charge in [-0.25, -0.2) is 0 Å². The van der Waals surface area contributed by atoms with E-state index in [1.54, 1.807) is 7.05 Å². The molecule has 1 aromatic carbocycles. The van der Waals surface area contributed by atoms with Gasteiger partial charge in [0.1, 0.15) is 5.00 Å². The van der Waals surface area contributed by atoms with Crippen LogP contribution in [-0.4, -0.2) is 23.8 Å². The molecule has 0 radical (unpaired) electrons. The molecule has 1 heterocycles. The molecule has 8 heteroatoms. The summed E-state index contributed by atoms with van der Waals surface area (Å²) in [4.78, 5) is 36.2. The summed E-state index contributed by atoms with van der Waals surface area (Å²) in [5.74, 6) is -0.0512. The summed E-state index contributed by atoms with van der Waals surface area (Å²) in [7, 11) is 1.57. The van der Waals surface area contributed by atoms with Crippen molar-refractivity contribution < 1.29 is 14.5 Å². The fourth-order valence-corrected chi connectivity index (χ4v) is 4.52. The van der Waals surface area contributed by atoms with Crippen molar-refractivity contribution in [2.24, 2.45) is 5.92 Å². The van der Waals surface area contributed by atoms with Crippen LogP contribution in [-0.2, 0) is 12.8 Å². The molecule has 0 saturated carbocycles. The van der Waals surface area contributed by atoms with E-state index in [-0.39, 0.29) is 11.6 Å². The highest BCUT2D eigenvalue weighted by molar-refractivity contribution is 7.17. The lowest BCUT2D eigenvalue weighted by Gasteiger charge is -2.18. The average molecular weight is 373 g/mol. The second-order valence-electron chi connectivity index (χ2n) is 6.39. The maximum atomic E-state index is 12.5. The fourth-order valence-electron chi connectivity index (χ4n) is 3.11. The third-order valence-electron chi connectivity index (χ3n) is 4.53. The number of hydrogen-bond donors (Lipinski definition) is 2. The molecule has 1 aromatic heterocycles. The number of fused-ring (bicyclic) bond motifs is 1. The topological polar surface area (TPSA) is 101 Å². The van der Waals surface area contributed by atoms with Crippen LogP contribution in [0.1, 0.15) is 44.5 Å². The SMILES string of the molecule is CNC(=O)c1c(NC(=O)c2ccc([N+](=O)[O-])cc2)sc2c1CCC(C)C2. The van der Waals surface area contributed by atoms with Crippen molar-refractivity contribution in [1.82, 2.24) is 5.32 Å². The van der Waals surface area contributed by atoms with Crippen LogP contribution < -0.4 is 10.6 Å². The number of nitro groups is 1. The second kappa shape index (κ2) is 7.25. The molecular weight excluding hydrogens is 354 g/mol. The van der Waals surface area contributed by atoms with Crippen LogP contribution in [0.2, 0.25) is 0 Å². The molecule has 136 valence electrons. The minimum Gasteiger partial charge on any atom is -0.355 e. The van der Waals surface area contributed by atoms with E-state index in [9.17, 15) is 19.7 Å². The molecule has 0 saturated heterocycles. The van der Waals surface area contributed by atoms with Crippen molar-refractivity contribution in [1.29, 1.82) is 0 Å². The Hall–Kier alpha value is -2.74. The number of carbonyl (C=O) groups excluding carboxylic acids is 2. The van der Waals surface area contributed by atoms with Gasteiger partial charge in [0.2, 0.25) is 0 Å². The molecule has 2 aromatic rings. The third-order valence-corrected chi connectivity index (χ3v) is 5.70. The van der Waals surface area contributed by atoms with E-state index in [0.29, 0.717) is 22.0 Å². The molecule has 2 amide bonds. The van der Waals surface area contributed by atoms with Gasteiger partial charge in [0.25, 0.3) is 17.5 Å². The molecule has 7 nitrogen and oxygen atoms in total. The van der Waals surface area contributed by atoms with E-state index in [1.807, 2.05) is 0 Å². The molecule has 0 bridgehead atoms. The van der Waals surface area contributed by atoms with E-state index < -0.39 is 10.8 Å². The summed E-state index contributed by atoms with van der Waals surface area (Å²) >= 11 is 1.44. The Morgan fingerprint density at radius 1 is 1.23 bits per heavy atom. The van der Waals surface area contributed by atoms with Gasteiger partial charge in [-0.05, 0) is 42.9 Å². The largest absolute Gasteiger partial charge is 0.355 e. The Morgan fingerprint density at radius 2 is 1.92 bits per heavy atom. The number of anilines is 1. The lowest BCUT2D eigenvalue weighted by atomic mass is 9.88. The molecule has 26 heavy (non-hydrogen) atoms. The van der Waals surface area contributed by atoms with Gasteiger partial charge in [0.15, 0.2) is 0 Å². The van der Waals surface area contributed by atoms with Gasteiger partial charge < -0.3 is 10.6 Å². The first-order valence-electron chi connectivity index (χ1n) is 8.33. The van der Waals surface area contributed by atoms with Crippen LogP contribution in [0.3, 0.4) is 0 Å². The van der Waals surface area contributed by atoms with Crippen molar-refractivity contribution in [2.75, 3.05) is 12.4 Å². The number of carbonyl (C=O) groups is 2. The van der Waals surface area contributed by atoms with Gasteiger partial charge in [-0.3, -0.25) is 19.7 Å². The highest BCUT2D eigenvalue weighted by atomic mass is 32.1. The van der Waals surface area contributed by atoms with Crippen molar-refractivity contribution in [3.8, 4) is 0 Å². The molecule has 0 aliphatic heterocycles.